The van der Waals surface area contributed by atoms with E-state index in [1.807, 2.05) is 6.07 Å². The van der Waals surface area contributed by atoms with E-state index in [2.05, 4.69) is 49.7 Å². The second-order valence-corrected chi connectivity index (χ2v) is 4.92. The number of anilines is 2. The van der Waals surface area contributed by atoms with Crippen LogP contribution in [0.3, 0.4) is 0 Å². The molecule has 0 saturated heterocycles. The van der Waals surface area contributed by atoms with Crippen LogP contribution in [0.25, 0.3) is 5.95 Å². The molecule has 0 spiro atoms. The molecular weight excluding hydrogens is 268 g/mol. The zero-order valence-electron chi connectivity index (χ0n) is 12.7. The van der Waals surface area contributed by atoms with Crippen molar-refractivity contribution in [3.63, 3.8) is 0 Å². The van der Waals surface area contributed by atoms with E-state index in [-0.39, 0.29) is 0 Å². The smallest absolute Gasteiger partial charge is 0.257 e. The topological polar surface area (TPSA) is 83.8 Å². The predicted molar refractivity (Wildman–Crippen MR) is 82.8 cm³/mol. The fourth-order valence-electron chi connectivity index (χ4n) is 1.80. The SMILES string of the molecule is CNc1nc(NCCCCN(C)C)nc(-n2cccn2)n1. The number of rotatable bonds is 8. The Morgan fingerprint density at radius 1 is 1.14 bits per heavy atom. The molecule has 0 fully saturated rings. The first-order valence-electron chi connectivity index (χ1n) is 7.01. The second kappa shape index (κ2) is 7.53. The third kappa shape index (κ3) is 4.67. The minimum atomic E-state index is 0.496. The summed E-state index contributed by atoms with van der Waals surface area (Å²) in [5.41, 5.74) is 0. The molecule has 8 heteroatoms. The Labute approximate surface area is 124 Å². The molecule has 0 unspecified atom stereocenters. The van der Waals surface area contributed by atoms with Crippen molar-refractivity contribution in [3.05, 3.63) is 18.5 Å². The van der Waals surface area contributed by atoms with Gasteiger partial charge in [-0.3, -0.25) is 0 Å². The summed E-state index contributed by atoms with van der Waals surface area (Å²) >= 11 is 0. The Balaban J connectivity index is 1.97. The molecule has 21 heavy (non-hydrogen) atoms. The lowest BCUT2D eigenvalue weighted by atomic mass is 10.3. The van der Waals surface area contributed by atoms with Crippen molar-refractivity contribution >= 4 is 11.9 Å². The number of nitrogens with one attached hydrogen (secondary N) is 2. The number of nitrogens with zero attached hydrogens (tertiary/aromatic N) is 6. The van der Waals surface area contributed by atoms with E-state index in [0.29, 0.717) is 17.8 Å². The van der Waals surface area contributed by atoms with Gasteiger partial charge in [0, 0.05) is 26.0 Å². The molecule has 2 heterocycles. The molecule has 0 atom stereocenters. The van der Waals surface area contributed by atoms with Crippen molar-refractivity contribution in [2.75, 3.05) is 44.9 Å². The van der Waals surface area contributed by atoms with Gasteiger partial charge in [0.1, 0.15) is 0 Å². The Morgan fingerprint density at radius 2 is 1.95 bits per heavy atom. The van der Waals surface area contributed by atoms with Gasteiger partial charge in [0.05, 0.1) is 0 Å². The molecule has 0 aliphatic heterocycles. The Bertz CT molecular complexity index is 537. The minimum absolute atomic E-state index is 0.496. The number of unbranched alkanes of at least 4 members (excludes halogenated alkanes) is 1. The molecule has 0 bridgehead atoms. The summed E-state index contributed by atoms with van der Waals surface area (Å²) in [5.74, 6) is 1.58. The Hall–Kier alpha value is -2.22. The van der Waals surface area contributed by atoms with Gasteiger partial charge in [-0.15, -0.1) is 0 Å². The van der Waals surface area contributed by atoms with Crippen LogP contribution in [-0.4, -0.2) is 63.9 Å². The van der Waals surface area contributed by atoms with Gasteiger partial charge in [-0.1, -0.05) is 0 Å². The fourth-order valence-corrected chi connectivity index (χ4v) is 1.80. The maximum atomic E-state index is 4.37. The van der Waals surface area contributed by atoms with Crippen molar-refractivity contribution in [3.8, 4) is 5.95 Å². The highest BCUT2D eigenvalue weighted by Gasteiger charge is 2.07. The maximum absolute atomic E-state index is 4.37. The third-order valence-corrected chi connectivity index (χ3v) is 2.87. The summed E-state index contributed by atoms with van der Waals surface area (Å²) in [7, 11) is 5.94. The van der Waals surface area contributed by atoms with Crippen molar-refractivity contribution in [1.82, 2.24) is 29.6 Å². The summed E-state index contributed by atoms with van der Waals surface area (Å²) in [6.45, 7) is 1.92. The summed E-state index contributed by atoms with van der Waals surface area (Å²) in [6.07, 6.45) is 5.69. The van der Waals surface area contributed by atoms with E-state index < -0.39 is 0 Å². The van der Waals surface area contributed by atoms with E-state index in [9.17, 15) is 0 Å². The van der Waals surface area contributed by atoms with E-state index in [4.69, 9.17) is 0 Å². The largest absolute Gasteiger partial charge is 0.357 e. The van der Waals surface area contributed by atoms with Crippen LogP contribution in [0.15, 0.2) is 18.5 Å². The van der Waals surface area contributed by atoms with E-state index in [1.165, 1.54) is 0 Å². The average molecular weight is 290 g/mol. The molecule has 2 aromatic rings. The average Bonchev–Trinajstić information content (AvgIpc) is 3.00. The fraction of sp³-hybridized carbons (Fsp3) is 0.538. The highest BCUT2D eigenvalue weighted by atomic mass is 15.4. The first-order chi connectivity index (χ1) is 10.2. The van der Waals surface area contributed by atoms with Crippen LogP contribution in [0.2, 0.25) is 0 Å². The first kappa shape index (κ1) is 15.2. The maximum Gasteiger partial charge on any atom is 0.257 e. The number of aromatic nitrogens is 5. The van der Waals surface area contributed by atoms with Gasteiger partial charge in [0.25, 0.3) is 5.95 Å². The summed E-state index contributed by atoms with van der Waals surface area (Å²) in [5, 5.41) is 10.3. The van der Waals surface area contributed by atoms with Crippen molar-refractivity contribution in [1.29, 1.82) is 0 Å². The van der Waals surface area contributed by atoms with Gasteiger partial charge >= 0.3 is 0 Å². The standard InChI is InChI=1S/C13H22N8/c1-14-11-17-12(15-7-4-5-9-20(2)3)19-13(18-11)21-10-6-8-16-21/h6,8,10H,4-5,7,9H2,1-3H3,(H2,14,15,17,18,19). The first-order valence-corrected chi connectivity index (χ1v) is 7.01. The molecular formula is C13H22N8. The van der Waals surface area contributed by atoms with Crippen LogP contribution < -0.4 is 10.6 Å². The van der Waals surface area contributed by atoms with Gasteiger partial charge < -0.3 is 15.5 Å². The zero-order valence-corrected chi connectivity index (χ0v) is 12.7. The monoisotopic (exact) mass is 290 g/mol. The quantitative estimate of drug-likeness (QED) is 0.697. The lowest BCUT2D eigenvalue weighted by Crippen LogP contribution is -2.15. The van der Waals surface area contributed by atoms with Gasteiger partial charge in [0.2, 0.25) is 11.9 Å². The molecule has 2 aromatic heterocycles. The highest BCUT2D eigenvalue weighted by Crippen LogP contribution is 2.08. The minimum Gasteiger partial charge on any atom is -0.357 e. The molecule has 0 amide bonds. The van der Waals surface area contributed by atoms with Crippen molar-refractivity contribution in [2.45, 2.75) is 12.8 Å². The molecule has 0 aliphatic carbocycles. The van der Waals surface area contributed by atoms with Crippen molar-refractivity contribution in [2.24, 2.45) is 0 Å². The normalized spacial score (nSPS) is 10.9. The Morgan fingerprint density at radius 3 is 2.62 bits per heavy atom. The van der Waals surface area contributed by atoms with Crippen LogP contribution in [0.1, 0.15) is 12.8 Å². The van der Waals surface area contributed by atoms with Crippen LogP contribution >= 0.6 is 0 Å². The second-order valence-electron chi connectivity index (χ2n) is 4.92. The Kier molecular flexibility index (Phi) is 5.44. The summed E-state index contributed by atoms with van der Waals surface area (Å²) < 4.78 is 1.61. The van der Waals surface area contributed by atoms with Gasteiger partial charge in [-0.25, -0.2) is 4.68 Å². The molecule has 8 nitrogen and oxygen atoms in total. The molecule has 0 aromatic carbocycles. The molecule has 2 rings (SSSR count). The van der Waals surface area contributed by atoms with E-state index >= 15 is 0 Å². The van der Waals surface area contributed by atoms with Gasteiger partial charge in [-0.2, -0.15) is 20.1 Å². The van der Waals surface area contributed by atoms with Crippen LogP contribution in [0.4, 0.5) is 11.9 Å². The summed E-state index contributed by atoms with van der Waals surface area (Å²) in [6, 6.07) is 1.83. The summed E-state index contributed by atoms with van der Waals surface area (Å²) in [4.78, 5) is 15.1. The lowest BCUT2D eigenvalue weighted by Gasteiger charge is -2.10. The number of hydrogen-bond donors (Lipinski definition) is 2. The molecule has 114 valence electrons. The number of hydrogen-bond acceptors (Lipinski definition) is 7. The van der Waals surface area contributed by atoms with Gasteiger partial charge in [-0.05, 0) is 39.5 Å². The molecule has 0 radical (unpaired) electrons. The van der Waals surface area contributed by atoms with Gasteiger partial charge in [0.15, 0.2) is 0 Å². The van der Waals surface area contributed by atoms with Crippen molar-refractivity contribution < 1.29 is 0 Å². The molecule has 0 aliphatic rings. The van der Waals surface area contributed by atoms with Crippen LogP contribution in [0.5, 0.6) is 0 Å². The van der Waals surface area contributed by atoms with Crippen LogP contribution in [0, 0.1) is 0 Å². The zero-order chi connectivity index (χ0) is 15.1. The van der Waals surface area contributed by atoms with E-state index in [0.717, 1.165) is 25.9 Å². The predicted octanol–water partition coefficient (Wildman–Crippen LogP) is 0.853. The molecule has 2 N–H and O–H groups in total. The third-order valence-electron chi connectivity index (χ3n) is 2.87. The van der Waals surface area contributed by atoms with Crippen LogP contribution in [-0.2, 0) is 0 Å². The van der Waals surface area contributed by atoms with E-state index in [1.54, 1.807) is 24.1 Å². The highest BCUT2D eigenvalue weighted by molar-refractivity contribution is 5.37. The molecule has 0 saturated carbocycles. The lowest BCUT2D eigenvalue weighted by molar-refractivity contribution is 0.396.